The first-order valence-corrected chi connectivity index (χ1v) is 5.13. The molecule has 9 heavy (non-hydrogen) atoms. The van der Waals surface area contributed by atoms with Gasteiger partial charge in [0.1, 0.15) is 0 Å². The average molecular weight is 142 g/mol. The van der Waals surface area contributed by atoms with Crippen molar-refractivity contribution in [2.24, 2.45) is 5.92 Å². The van der Waals surface area contributed by atoms with Crippen LogP contribution in [0.2, 0.25) is 0 Å². The summed E-state index contributed by atoms with van der Waals surface area (Å²) in [6.45, 7) is 0. The second-order valence-corrected chi connectivity index (χ2v) is 4.59. The van der Waals surface area contributed by atoms with Gasteiger partial charge in [0, 0.05) is 5.25 Å². The smallest absolute Gasteiger partial charge is 0.00831 e. The molecule has 1 heteroatoms. The van der Waals surface area contributed by atoms with Gasteiger partial charge >= 0.3 is 0 Å². The molecule has 52 valence electrons. The SMILES string of the molecule is C1CCC(C2CCS2)C1. The molecule has 1 aliphatic heterocycles. The second-order valence-electron chi connectivity index (χ2n) is 3.24. The van der Waals surface area contributed by atoms with E-state index in [4.69, 9.17) is 0 Å². The van der Waals surface area contributed by atoms with E-state index in [1.54, 1.807) is 0 Å². The third-order valence-corrected chi connectivity index (χ3v) is 4.18. The fourth-order valence-corrected chi connectivity index (χ4v) is 3.01. The molecule has 1 saturated carbocycles. The molecule has 1 aliphatic carbocycles. The largest absolute Gasteiger partial charge is 0.158 e. The van der Waals surface area contributed by atoms with E-state index in [0.717, 1.165) is 11.2 Å². The maximum absolute atomic E-state index is 2.20. The number of thioether (sulfide) groups is 1. The van der Waals surface area contributed by atoms with Gasteiger partial charge in [-0.1, -0.05) is 12.8 Å². The molecular weight excluding hydrogens is 128 g/mol. The summed E-state index contributed by atoms with van der Waals surface area (Å²) >= 11 is 2.20. The van der Waals surface area contributed by atoms with Crippen molar-refractivity contribution in [2.75, 3.05) is 5.75 Å². The van der Waals surface area contributed by atoms with E-state index >= 15 is 0 Å². The molecule has 2 rings (SSSR count). The van der Waals surface area contributed by atoms with Crippen molar-refractivity contribution >= 4 is 11.8 Å². The highest BCUT2D eigenvalue weighted by Gasteiger charge is 2.29. The zero-order valence-electron chi connectivity index (χ0n) is 5.81. The molecule has 0 N–H and O–H groups in total. The number of hydrogen-bond acceptors (Lipinski definition) is 1. The highest BCUT2D eigenvalue weighted by Crippen LogP contribution is 2.41. The Morgan fingerprint density at radius 2 is 1.67 bits per heavy atom. The molecule has 0 nitrogen and oxygen atoms in total. The van der Waals surface area contributed by atoms with Crippen molar-refractivity contribution in [1.82, 2.24) is 0 Å². The average Bonchev–Trinajstić information content (AvgIpc) is 2.11. The first-order chi connectivity index (χ1) is 4.47. The summed E-state index contributed by atoms with van der Waals surface area (Å²) < 4.78 is 0. The van der Waals surface area contributed by atoms with Crippen LogP contribution < -0.4 is 0 Å². The maximum atomic E-state index is 2.20. The second kappa shape index (κ2) is 2.53. The van der Waals surface area contributed by atoms with E-state index in [2.05, 4.69) is 11.8 Å². The molecule has 1 saturated heterocycles. The van der Waals surface area contributed by atoms with Gasteiger partial charge < -0.3 is 0 Å². The van der Waals surface area contributed by atoms with Crippen molar-refractivity contribution < 1.29 is 0 Å². The lowest BCUT2D eigenvalue weighted by molar-refractivity contribution is 0.496. The Hall–Kier alpha value is 0.350. The van der Waals surface area contributed by atoms with Gasteiger partial charge in [0.2, 0.25) is 0 Å². The topological polar surface area (TPSA) is 0 Å². The van der Waals surface area contributed by atoms with E-state index in [0.29, 0.717) is 0 Å². The fourth-order valence-electron chi connectivity index (χ4n) is 1.95. The minimum atomic E-state index is 1.09. The monoisotopic (exact) mass is 142 g/mol. The molecule has 0 spiro atoms. The Morgan fingerprint density at radius 3 is 2.11 bits per heavy atom. The summed E-state index contributed by atoms with van der Waals surface area (Å²) in [5, 5.41) is 1.09. The Kier molecular flexibility index (Phi) is 1.71. The van der Waals surface area contributed by atoms with Crippen LogP contribution in [0.5, 0.6) is 0 Å². The van der Waals surface area contributed by atoms with Gasteiger partial charge in [-0.25, -0.2) is 0 Å². The molecule has 2 fully saturated rings. The lowest BCUT2D eigenvalue weighted by Gasteiger charge is -2.30. The van der Waals surface area contributed by atoms with Crippen LogP contribution in [0, 0.1) is 5.92 Å². The first-order valence-electron chi connectivity index (χ1n) is 4.08. The fraction of sp³-hybridized carbons (Fsp3) is 1.00. The van der Waals surface area contributed by atoms with Gasteiger partial charge in [0.05, 0.1) is 0 Å². The van der Waals surface area contributed by atoms with Crippen LogP contribution >= 0.6 is 11.8 Å². The van der Waals surface area contributed by atoms with Crippen molar-refractivity contribution in [1.29, 1.82) is 0 Å². The summed E-state index contributed by atoms with van der Waals surface area (Å²) in [6.07, 6.45) is 7.63. The molecule has 1 atom stereocenters. The van der Waals surface area contributed by atoms with Gasteiger partial charge in [-0.3, -0.25) is 0 Å². The zero-order chi connectivity index (χ0) is 6.10. The predicted molar refractivity (Wildman–Crippen MR) is 42.8 cm³/mol. The standard InChI is InChI=1S/C8H14S/c1-2-4-7(3-1)8-5-6-9-8/h7-8H,1-6H2. The molecule has 0 amide bonds. The summed E-state index contributed by atoms with van der Waals surface area (Å²) in [5.74, 6) is 2.57. The highest BCUT2D eigenvalue weighted by molar-refractivity contribution is 8.01. The van der Waals surface area contributed by atoms with Gasteiger partial charge in [-0.15, -0.1) is 0 Å². The van der Waals surface area contributed by atoms with Crippen LogP contribution in [0.15, 0.2) is 0 Å². The molecular formula is C8H14S. The Morgan fingerprint density at radius 1 is 1.00 bits per heavy atom. The van der Waals surface area contributed by atoms with Gasteiger partial charge in [0.25, 0.3) is 0 Å². The van der Waals surface area contributed by atoms with Gasteiger partial charge in [0.15, 0.2) is 0 Å². The van der Waals surface area contributed by atoms with Crippen molar-refractivity contribution in [2.45, 2.75) is 37.4 Å². The van der Waals surface area contributed by atoms with E-state index < -0.39 is 0 Å². The highest BCUT2D eigenvalue weighted by atomic mass is 32.2. The molecule has 0 radical (unpaired) electrons. The summed E-state index contributed by atoms with van der Waals surface area (Å²) in [4.78, 5) is 0. The molecule has 0 bridgehead atoms. The molecule has 1 heterocycles. The van der Waals surface area contributed by atoms with E-state index in [-0.39, 0.29) is 0 Å². The third kappa shape index (κ3) is 1.12. The quantitative estimate of drug-likeness (QED) is 0.542. The van der Waals surface area contributed by atoms with Crippen molar-refractivity contribution in [3.63, 3.8) is 0 Å². The van der Waals surface area contributed by atoms with E-state index in [9.17, 15) is 0 Å². The van der Waals surface area contributed by atoms with Crippen molar-refractivity contribution in [3.8, 4) is 0 Å². The Bertz CT molecular complexity index is 90.7. The molecule has 0 aromatic rings. The lowest BCUT2D eigenvalue weighted by Crippen LogP contribution is -2.23. The predicted octanol–water partition coefficient (Wildman–Crippen LogP) is 2.68. The zero-order valence-corrected chi connectivity index (χ0v) is 6.62. The van der Waals surface area contributed by atoms with Crippen LogP contribution in [-0.4, -0.2) is 11.0 Å². The molecule has 0 aromatic carbocycles. The van der Waals surface area contributed by atoms with E-state index in [1.807, 2.05) is 0 Å². The Balaban J connectivity index is 1.82. The molecule has 0 aromatic heterocycles. The summed E-state index contributed by atoms with van der Waals surface area (Å²) in [7, 11) is 0. The van der Waals surface area contributed by atoms with Crippen LogP contribution in [-0.2, 0) is 0 Å². The maximum Gasteiger partial charge on any atom is 0.00831 e. The summed E-state index contributed by atoms with van der Waals surface area (Å²) in [6, 6.07) is 0. The van der Waals surface area contributed by atoms with Gasteiger partial charge in [-0.2, -0.15) is 11.8 Å². The third-order valence-electron chi connectivity index (χ3n) is 2.66. The molecule has 1 unspecified atom stereocenters. The van der Waals surface area contributed by atoms with Crippen LogP contribution in [0.4, 0.5) is 0 Å². The first kappa shape index (κ1) is 6.09. The van der Waals surface area contributed by atoms with Gasteiger partial charge in [-0.05, 0) is 30.9 Å². The number of rotatable bonds is 1. The Labute approximate surface area is 61.4 Å². The summed E-state index contributed by atoms with van der Waals surface area (Å²) in [5.41, 5.74) is 0. The lowest BCUT2D eigenvalue weighted by atomic mass is 10.0. The van der Waals surface area contributed by atoms with Crippen molar-refractivity contribution in [3.05, 3.63) is 0 Å². The molecule has 2 aliphatic rings. The normalized spacial score (nSPS) is 36.7. The minimum Gasteiger partial charge on any atom is -0.158 e. The van der Waals surface area contributed by atoms with E-state index in [1.165, 1.54) is 37.9 Å². The van der Waals surface area contributed by atoms with Crippen LogP contribution in [0.25, 0.3) is 0 Å². The minimum absolute atomic E-state index is 1.09. The van der Waals surface area contributed by atoms with Crippen LogP contribution in [0.1, 0.15) is 32.1 Å². The number of hydrogen-bond donors (Lipinski definition) is 0. The van der Waals surface area contributed by atoms with Crippen LogP contribution in [0.3, 0.4) is 0 Å².